The third kappa shape index (κ3) is 2.85. The van der Waals surface area contributed by atoms with E-state index in [1.807, 2.05) is 7.05 Å². The molecule has 1 aromatic rings. The van der Waals surface area contributed by atoms with Crippen molar-refractivity contribution in [3.8, 4) is 0 Å². The first-order chi connectivity index (χ1) is 8.35. The van der Waals surface area contributed by atoms with E-state index in [1.165, 1.54) is 0 Å². The topological polar surface area (TPSA) is 59.1 Å². The minimum Gasteiger partial charge on any atom is -0.381 e. The van der Waals surface area contributed by atoms with E-state index in [9.17, 15) is 0 Å². The van der Waals surface area contributed by atoms with Crippen molar-refractivity contribution in [2.75, 3.05) is 30.9 Å². The highest BCUT2D eigenvalue weighted by atomic mass is 16.5. The molecular formula is C12H20N4O. The van der Waals surface area contributed by atoms with Crippen LogP contribution < -0.4 is 10.6 Å². The van der Waals surface area contributed by atoms with Gasteiger partial charge in [0.05, 0.1) is 0 Å². The highest BCUT2D eigenvalue weighted by molar-refractivity contribution is 5.57. The third-order valence-corrected chi connectivity index (χ3v) is 3.10. The SMILES string of the molecule is CCc1c(NC)ncnc1NC1CCOCC1. The van der Waals surface area contributed by atoms with E-state index in [0.717, 1.165) is 49.7 Å². The Morgan fingerprint density at radius 1 is 1.29 bits per heavy atom. The van der Waals surface area contributed by atoms with Crippen molar-refractivity contribution in [2.45, 2.75) is 32.2 Å². The van der Waals surface area contributed by atoms with Crippen LogP contribution in [-0.2, 0) is 11.2 Å². The van der Waals surface area contributed by atoms with Crippen LogP contribution in [0.2, 0.25) is 0 Å². The number of nitrogens with zero attached hydrogens (tertiary/aromatic N) is 2. The number of hydrogen-bond donors (Lipinski definition) is 2. The van der Waals surface area contributed by atoms with Gasteiger partial charge in [0.25, 0.3) is 0 Å². The fourth-order valence-electron chi connectivity index (χ4n) is 2.12. The molecule has 2 heterocycles. The predicted molar refractivity (Wildman–Crippen MR) is 68.4 cm³/mol. The average molecular weight is 236 g/mol. The normalized spacial score (nSPS) is 16.8. The molecule has 2 N–H and O–H groups in total. The Kier molecular flexibility index (Phi) is 4.14. The summed E-state index contributed by atoms with van der Waals surface area (Å²) in [4.78, 5) is 8.58. The highest BCUT2D eigenvalue weighted by Crippen LogP contribution is 2.22. The number of ether oxygens (including phenoxy) is 1. The largest absolute Gasteiger partial charge is 0.381 e. The molecule has 0 aliphatic carbocycles. The van der Waals surface area contributed by atoms with E-state index < -0.39 is 0 Å². The van der Waals surface area contributed by atoms with Crippen LogP contribution in [0, 0.1) is 0 Å². The van der Waals surface area contributed by atoms with Crippen LogP contribution in [0.15, 0.2) is 6.33 Å². The molecule has 0 unspecified atom stereocenters. The Hall–Kier alpha value is -1.36. The van der Waals surface area contributed by atoms with Gasteiger partial charge in [-0.15, -0.1) is 0 Å². The summed E-state index contributed by atoms with van der Waals surface area (Å²) < 4.78 is 5.35. The first kappa shape index (κ1) is 12.1. The van der Waals surface area contributed by atoms with Crippen molar-refractivity contribution in [1.29, 1.82) is 0 Å². The second-order valence-corrected chi connectivity index (χ2v) is 4.18. The Balaban J connectivity index is 2.13. The number of rotatable bonds is 4. The lowest BCUT2D eigenvalue weighted by Crippen LogP contribution is -2.28. The first-order valence-corrected chi connectivity index (χ1v) is 6.21. The molecule has 1 fully saturated rings. The van der Waals surface area contributed by atoms with Gasteiger partial charge in [-0.25, -0.2) is 9.97 Å². The molecule has 1 aromatic heterocycles. The van der Waals surface area contributed by atoms with Gasteiger partial charge in [0.1, 0.15) is 18.0 Å². The molecule has 0 bridgehead atoms. The van der Waals surface area contributed by atoms with Crippen molar-refractivity contribution in [2.24, 2.45) is 0 Å². The number of aromatic nitrogens is 2. The summed E-state index contributed by atoms with van der Waals surface area (Å²) in [6.07, 6.45) is 4.61. The Morgan fingerprint density at radius 3 is 2.65 bits per heavy atom. The fraction of sp³-hybridized carbons (Fsp3) is 0.667. The second-order valence-electron chi connectivity index (χ2n) is 4.18. The first-order valence-electron chi connectivity index (χ1n) is 6.21. The van der Waals surface area contributed by atoms with E-state index in [2.05, 4.69) is 27.5 Å². The summed E-state index contributed by atoms with van der Waals surface area (Å²) in [5.41, 5.74) is 1.15. The molecule has 1 aliphatic heterocycles. The van der Waals surface area contributed by atoms with Crippen LogP contribution in [0.5, 0.6) is 0 Å². The van der Waals surface area contributed by atoms with Crippen LogP contribution in [0.25, 0.3) is 0 Å². The van der Waals surface area contributed by atoms with E-state index >= 15 is 0 Å². The molecule has 1 aliphatic rings. The predicted octanol–water partition coefficient (Wildman–Crippen LogP) is 1.67. The van der Waals surface area contributed by atoms with Crippen LogP contribution in [0.3, 0.4) is 0 Å². The Morgan fingerprint density at radius 2 is 2.00 bits per heavy atom. The van der Waals surface area contributed by atoms with Crippen molar-refractivity contribution >= 4 is 11.6 Å². The quantitative estimate of drug-likeness (QED) is 0.832. The molecule has 0 atom stereocenters. The van der Waals surface area contributed by atoms with Gasteiger partial charge >= 0.3 is 0 Å². The van der Waals surface area contributed by atoms with Gasteiger partial charge in [-0.05, 0) is 19.3 Å². The summed E-state index contributed by atoms with van der Waals surface area (Å²) in [6, 6.07) is 0.466. The molecule has 5 heteroatoms. The van der Waals surface area contributed by atoms with E-state index in [1.54, 1.807) is 6.33 Å². The molecule has 0 radical (unpaired) electrons. The maximum absolute atomic E-state index is 5.35. The minimum atomic E-state index is 0.466. The summed E-state index contributed by atoms with van der Waals surface area (Å²) in [5.74, 6) is 1.87. The van der Waals surface area contributed by atoms with E-state index in [0.29, 0.717) is 6.04 Å². The van der Waals surface area contributed by atoms with E-state index in [-0.39, 0.29) is 0 Å². The number of anilines is 2. The lowest BCUT2D eigenvalue weighted by Gasteiger charge is -2.24. The van der Waals surface area contributed by atoms with Crippen molar-refractivity contribution < 1.29 is 4.74 Å². The molecule has 94 valence electrons. The van der Waals surface area contributed by atoms with Crippen LogP contribution >= 0.6 is 0 Å². The van der Waals surface area contributed by atoms with Gasteiger partial charge in [0.2, 0.25) is 0 Å². The van der Waals surface area contributed by atoms with Gasteiger partial charge in [-0.1, -0.05) is 6.92 Å². The third-order valence-electron chi connectivity index (χ3n) is 3.10. The monoisotopic (exact) mass is 236 g/mol. The molecule has 17 heavy (non-hydrogen) atoms. The van der Waals surface area contributed by atoms with Gasteiger partial charge in [0, 0.05) is 31.9 Å². The second kappa shape index (κ2) is 5.82. The van der Waals surface area contributed by atoms with Gasteiger partial charge in [0.15, 0.2) is 0 Å². The molecule has 2 rings (SSSR count). The molecule has 0 aromatic carbocycles. The number of hydrogen-bond acceptors (Lipinski definition) is 5. The molecule has 0 amide bonds. The van der Waals surface area contributed by atoms with Crippen LogP contribution in [-0.4, -0.2) is 36.3 Å². The lowest BCUT2D eigenvalue weighted by molar-refractivity contribution is 0.0903. The average Bonchev–Trinajstić information content (AvgIpc) is 2.39. The molecule has 0 spiro atoms. The standard InChI is InChI=1S/C12H20N4O/c1-3-10-11(13-2)14-8-15-12(10)16-9-4-6-17-7-5-9/h8-9H,3-7H2,1-2H3,(H2,13,14,15,16). The molecule has 1 saturated heterocycles. The van der Waals surface area contributed by atoms with Crippen LogP contribution in [0.4, 0.5) is 11.6 Å². The van der Waals surface area contributed by atoms with Crippen molar-refractivity contribution in [3.63, 3.8) is 0 Å². The zero-order chi connectivity index (χ0) is 12.1. The van der Waals surface area contributed by atoms with Crippen molar-refractivity contribution in [1.82, 2.24) is 9.97 Å². The number of nitrogens with one attached hydrogen (secondary N) is 2. The van der Waals surface area contributed by atoms with Gasteiger partial charge in [-0.2, -0.15) is 0 Å². The molecule has 5 nitrogen and oxygen atoms in total. The Labute approximate surface area is 102 Å². The van der Waals surface area contributed by atoms with Crippen molar-refractivity contribution in [3.05, 3.63) is 11.9 Å². The minimum absolute atomic E-state index is 0.466. The Bertz CT molecular complexity index is 364. The molecular weight excluding hydrogens is 216 g/mol. The summed E-state index contributed by atoms with van der Waals surface area (Å²) in [6.45, 7) is 3.79. The fourth-order valence-corrected chi connectivity index (χ4v) is 2.12. The van der Waals surface area contributed by atoms with Gasteiger partial charge in [-0.3, -0.25) is 0 Å². The zero-order valence-corrected chi connectivity index (χ0v) is 10.5. The molecule has 0 saturated carbocycles. The smallest absolute Gasteiger partial charge is 0.134 e. The summed E-state index contributed by atoms with van der Waals surface area (Å²) in [7, 11) is 1.89. The van der Waals surface area contributed by atoms with Crippen LogP contribution in [0.1, 0.15) is 25.3 Å². The van der Waals surface area contributed by atoms with Gasteiger partial charge < -0.3 is 15.4 Å². The summed E-state index contributed by atoms with van der Waals surface area (Å²) >= 11 is 0. The zero-order valence-electron chi connectivity index (χ0n) is 10.5. The maximum Gasteiger partial charge on any atom is 0.134 e. The highest BCUT2D eigenvalue weighted by Gasteiger charge is 2.16. The maximum atomic E-state index is 5.35. The lowest BCUT2D eigenvalue weighted by atomic mass is 10.1. The van der Waals surface area contributed by atoms with E-state index in [4.69, 9.17) is 4.74 Å². The summed E-state index contributed by atoms with van der Waals surface area (Å²) in [5, 5.41) is 6.61.